The molecule has 4 heteroatoms. The van der Waals surface area contributed by atoms with Crippen LogP contribution >= 0.6 is 0 Å². The van der Waals surface area contributed by atoms with Gasteiger partial charge in [-0.3, -0.25) is 0 Å². The van der Waals surface area contributed by atoms with E-state index in [1.54, 1.807) is 18.7 Å². The molecule has 0 N–H and O–H groups in total. The van der Waals surface area contributed by atoms with Crippen molar-refractivity contribution in [2.45, 2.75) is 41.5 Å². The molecule has 0 saturated heterocycles. The molecule has 24 heavy (non-hydrogen) atoms. The van der Waals surface area contributed by atoms with Gasteiger partial charge in [-0.25, -0.2) is 15.0 Å². The lowest BCUT2D eigenvalue weighted by atomic mass is 10.1. The molecule has 4 nitrogen and oxygen atoms in total. The van der Waals surface area contributed by atoms with Gasteiger partial charge in [-0.05, 0) is 0 Å². The van der Waals surface area contributed by atoms with Crippen molar-refractivity contribution in [1.82, 2.24) is 19.5 Å². The zero-order chi connectivity index (χ0) is 18.4. The first kappa shape index (κ1) is 21.5. The monoisotopic (exact) mass is 326 g/mol. The van der Waals surface area contributed by atoms with Crippen molar-refractivity contribution in [3.8, 4) is 22.6 Å². The highest BCUT2D eigenvalue weighted by Gasteiger charge is 2.11. The zero-order valence-electron chi connectivity index (χ0n) is 16.0. The van der Waals surface area contributed by atoms with Gasteiger partial charge in [-0.1, -0.05) is 71.9 Å². The number of nitrogens with zero attached hydrogens (tertiary/aromatic N) is 4. The molecule has 0 fully saturated rings. The third-order valence-corrected chi connectivity index (χ3v) is 2.82. The lowest BCUT2D eigenvalue weighted by Crippen LogP contribution is -1.96. The van der Waals surface area contributed by atoms with Crippen LogP contribution in [-0.2, 0) is 7.05 Å². The van der Waals surface area contributed by atoms with E-state index >= 15 is 0 Å². The fourth-order valence-electron chi connectivity index (χ4n) is 1.94. The first-order valence-corrected chi connectivity index (χ1v) is 8.69. The van der Waals surface area contributed by atoms with Crippen molar-refractivity contribution in [2.75, 3.05) is 0 Å². The second kappa shape index (κ2) is 13.0. The summed E-state index contributed by atoms with van der Waals surface area (Å²) in [6, 6.07) is 10.1. The van der Waals surface area contributed by atoms with Gasteiger partial charge < -0.3 is 4.57 Å². The lowest BCUT2D eigenvalue weighted by Gasteiger charge is -2.07. The zero-order valence-corrected chi connectivity index (χ0v) is 16.0. The summed E-state index contributed by atoms with van der Waals surface area (Å²) in [6.07, 6.45) is 7.06. The maximum atomic E-state index is 4.38. The number of aryl methyl sites for hydroxylation is 1. The molecule has 0 radical (unpaired) electrons. The Bertz CT molecular complexity index is 660. The molecule has 1 aromatic carbocycles. The Morgan fingerprint density at radius 3 is 2.00 bits per heavy atom. The van der Waals surface area contributed by atoms with Crippen LogP contribution in [0.3, 0.4) is 0 Å². The third-order valence-electron chi connectivity index (χ3n) is 2.82. The molecular weight excluding hydrogens is 296 g/mol. The van der Waals surface area contributed by atoms with Crippen LogP contribution in [0.5, 0.6) is 0 Å². The summed E-state index contributed by atoms with van der Waals surface area (Å²) in [5.74, 6) is 0.870. The minimum absolute atomic E-state index is 0.870. The molecule has 0 atom stereocenters. The van der Waals surface area contributed by atoms with Crippen molar-refractivity contribution in [3.05, 3.63) is 55.2 Å². The predicted octanol–water partition coefficient (Wildman–Crippen LogP) is 5.62. The number of hydrogen-bond donors (Lipinski definition) is 0. The predicted molar refractivity (Wildman–Crippen MR) is 104 cm³/mol. The number of benzene rings is 1. The molecule has 0 aliphatic heterocycles. The van der Waals surface area contributed by atoms with Crippen LogP contribution in [0.25, 0.3) is 22.6 Å². The highest BCUT2D eigenvalue weighted by molar-refractivity contribution is 5.76. The maximum absolute atomic E-state index is 4.38. The van der Waals surface area contributed by atoms with Gasteiger partial charge in [0.15, 0.2) is 0 Å². The Kier molecular flexibility index (Phi) is 11.6. The number of aromatic nitrogens is 4. The van der Waals surface area contributed by atoms with Crippen LogP contribution in [0.2, 0.25) is 0 Å². The summed E-state index contributed by atoms with van der Waals surface area (Å²) in [4.78, 5) is 12.8. The molecule has 3 aromatic rings. The fraction of sp³-hybridized carbons (Fsp3) is 0.350. The van der Waals surface area contributed by atoms with Gasteiger partial charge in [0.25, 0.3) is 0 Å². The SMILES string of the molecule is CC.CC.CC.Cn1ccnc1-c1cncnc1-c1ccccc1. The molecule has 0 unspecified atom stereocenters. The summed E-state index contributed by atoms with van der Waals surface area (Å²) < 4.78 is 1.96. The van der Waals surface area contributed by atoms with Crippen molar-refractivity contribution >= 4 is 0 Å². The first-order chi connectivity index (χ1) is 11.9. The summed E-state index contributed by atoms with van der Waals surface area (Å²) in [5, 5.41) is 0. The molecule has 0 spiro atoms. The van der Waals surface area contributed by atoms with Crippen LogP contribution in [0.15, 0.2) is 55.2 Å². The second-order valence-corrected chi connectivity index (χ2v) is 4.01. The van der Waals surface area contributed by atoms with Gasteiger partial charge in [-0.2, -0.15) is 0 Å². The smallest absolute Gasteiger partial charge is 0.143 e. The van der Waals surface area contributed by atoms with Crippen LogP contribution in [0.4, 0.5) is 0 Å². The number of hydrogen-bond acceptors (Lipinski definition) is 3. The second-order valence-electron chi connectivity index (χ2n) is 4.01. The highest BCUT2D eigenvalue weighted by Crippen LogP contribution is 2.27. The molecule has 0 aliphatic rings. The Morgan fingerprint density at radius 2 is 1.46 bits per heavy atom. The third kappa shape index (κ3) is 5.61. The Labute approximate surface area is 146 Å². The van der Waals surface area contributed by atoms with E-state index < -0.39 is 0 Å². The van der Waals surface area contributed by atoms with Gasteiger partial charge in [-0.15, -0.1) is 0 Å². The maximum Gasteiger partial charge on any atom is 0.143 e. The van der Waals surface area contributed by atoms with Crippen LogP contribution in [-0.4, -0.2) is 19.5 Å². The Morgan fingerprint density at radius 1 is 0.833 bits per heavy atom. The minimum Gasteiger partial charge on any atom is -0.334 e. The summed E-state index contributed by atoms with van der Waals surface area (Å²) in [6.45, 7) is 12.0. The topological polar surface area (TPSA) is 43.6 Å². The van der Waals surface area contributed by atoms with E-state index in [4.69, 9.17) is 0 Å². The lowest BCUT2D eigenvalue weighted by molar-refractivity contribution is 0.921. The first-order valence-electron chi connectivity index (χ1n) is 8.69. The molecule has 0 aliphatic carbocycles. The van der Waals surface area contributed by atoms with Gasteiger partial charge in [0, 0.05) is 31.2 Å². The molecule has 2 heterocycles. The normalized spacial score (nSPS) is 8.62. The van der Waals surface area contributed by atoms with E-state index in [2.05, 4.69) is 15.0 Å². The van der Waals surface area contributed by atoms with E-state index in [-0.39, 0.29) is 0 Å². The van der Waals surface area contributed by atoms with Crippen LogP contribution < -0.4 is 0 Å². The van der Waals surface area contributed by atoms with Gasteiger partial charge >= 0.3 is 0 Å². The highest BCUT2D eigenvalue weighted by atomic mass is 15.0. The quantitative estimate of drug-likeness (QED) is 0.613. The van der Waals surface area contributed by atoms with Gasteiger partial charge in [0.2, 0.25) is 0 Å². The Hall–Kier alpha value is -2.49. The van der Waals surface area contributed by atoms with Crippen molar-refractivity contribution in [1.29, 1.82) is 0 Å². The fourth-order valence-corrected chi connectivity index (χ4v) is 1.94. The van der Waals surface area contributed by atoms with E-state index in [0.29, 0.717) is 0 Å². The minimum atomic E-state index is 0.870. The molecule has 0 bridgehead atoms. The van der Waals surface area contributed by atoms with Crippen LogP contribution in [0, 0.1) is 0 Å². The van der Waals surface area contributed by atoms with Crippen molar-refractivity contribution < 1.29 is 0 Å². The Balaban J connectivity index is 0.000000798. The van der Waals surface area contributed by atoms with E-state index in [1.165, 1.54) is 0 Å². The largest absolute Gasteiger partial charge is 0.334 e. The van der Waals surface area contributed by atoms with Crippen LogP contribution in [0.1, 0.15) is 41.5 Å². The number of imidazole rings is 1. The van der Waals surface area contributed by atoms with E-state index in [0.717, 1.165) is 22.6 Å². The molecule has 0 amide bonds. The average Bonchev–Trinajstić information content (AvgIpc) is 3.13. The summed E-state index contributed by atoms with van der Waals surface area (Å²) in [7, 11) is 1.96. The van der Waals surface area contributed by atoms with E-state index in [9.17, 15) is 0 Å². The van der Waals surface area contributed by atoms with E-state index in [1.807, 2.05) is 89.7 Å². The molecule has 3 rings (SSSR count). The number of rotatable bonds is 2. The molecule has 0 saturated carbocycles. The molecule has 2 aromatic heterocycles. The molecule has 130 valence electrons. The van der Waals surface area contributed by atoms with Gasteiger partial charge in [0.05, 0.1) is 11.3 Å². The molecular formula is C20H30N4. The van der Waals surface area contributed by atoms with Crippen molar-refractivity contribution in [2.24, 2.45) is 7.05 Å². The van der Waals surface area contributed by atoms with Crippen molar-refractivity contribution in [3.63, 3.8) is 0 Å². The summed E-state index contributed by atoms with van der Waals surface area (Å²) >= 11 is 0. The summed E-state index contributed by atoms with van der Waals surface area (Å²) in [5.41, 5.74) is 2.91. The average molecular weight is 326 g/mol. The van der Waals surface area contributed by atoms with Gasteiger partial charge in [0.1, 0.15) is 12.2 Å². The standard InChI is InChI=1S/C14H12N4.3C2H6/c1-18-8-7-16-14(18)12-9-15-10-17-13(12)11-5-3-2-4-6-11;3*1-2/h2-10H,1H3;3*1-2H3.